The van der Waals surface area contributed by atoms with Gasteiger partial charge in [-0.05, 0) is 31.4 Å². The molecular formula is C29H36O8. The molecule has 8 atom stereocenters. The van der Waals surface area contributed by atoms with Gasteiger partial charge in [0.15, 0.2) is 0 Å². The van der Waals surface area contributed by atoms with E-state index < -0.39 is 46.2 Å². The van der Waals surface area contributed by atoms with E-state index in [1.807, 2.05) is 26.8 Å². The van der Waals surface area contributed by atoms with Gasteiger partial charge in [0.05, 0.1) is 17.6 Å². The van der Waals surface area contributed by atoms with Crippen molar-refractivity contribution >= 4 is 23.7 Å². The molecule has 1 aromatic rings. The fraction of sp³-hybridized carbons (Fsp3) is 0.655. The number of carbonyl (C=O) groups excluding carboxylic acids is 4. The lowest BCUT2D eigenvalue weighted by Gasteiger charge is -2.69. The highest BCUT2D eigenvalue weighted by molar-refractivity contribution is 5.89. The molecule has 2 saturated heterocycles. The lowest BCUT2D eigenvalue weighted by atomic mass is 9.40. The number of ketones is 1. The third kappa shape index (κ3) is 3.82. The summed E-state index contributed by atoms with van der Waals surface area (Å²) in [4.78, 5) is 50.9. The summed E-state index contributed by atoms with van der Waals surface area (Å²) in [5.41, 5.74) is -2.82. The summed E-state index contributed by atoms with van der Waals surface area (Å²) in [5, 5.41) is 0. The molecular weight excluding hydrogens is 476 g/mol. The Hall–Kier alpha value is -2.74. The molecule has 8 heteroatoms. The third-order valence-corrected chi connectivity index (χ3v) is 10.2. The molecule has 4 aliphatic rings. The molecule has 2 saturated carbocycles. The van der Waals surface area contributed by atoms with E-state index in [9.17, 15) is 19.2 Å². The monoisotopic (exact) mass is 512 g/mol. The molecule has 0 amide bonds. The van der Waals surface area contributed by atoms with Crippen molar-refractivity contribution in [1.82, 2.24) is 0 Å². The fourth-order valence-corrected chi connectivity index (χ4v) is 7.94. The van der Waals surface area contributed by atoms with E-state index in [2.05, 4.69) is 6.92 Å². The van der Waals surface area contributed by atoms with E-state index >= 15 is 0 Å². The Labute approximate surface area is 217 Å². The summed E-state index contributed by atoms with van der Waals surface area (Å²) >= 11 is 0. The van der Waals surface area contributed by atoms with Crippen LogP contribution in [0.5, 0.6) is 0 Å². The first-order valence-electron chi connectivity index (χ1n) is 13.2. The maximum Gasteiger partial charge on any atom is 0.338 e. The Kier molecular flexibility index (Phi) is 6.05. The van der Waals surface area contributed by atoms with Crippen molar-refractivity contribution in [2.75, 3.05) is 6.61 Å². The molecule has 8 nitrogen and oxygen atoms in total. The van der Waals surface area contributed by atoms with Crippen molar-refractivity contribution in [3.8, 4) is 0 Å². The van der Waals surface area contributed by atoms with Crippen LogP contribution in [-0.2, 0) is 33.3 Å². The number of rotatable bonds is 3. The van der Waals surface area contributed by atoms with Crippen molar-refractivity contribution < 1.29 is 38.1 Å². The zero-order valence-electron chi connectivity index (χ0n) is 22.2. The quantitative estimate of drug-likeness (QED) is 0.441. The highest BCUT2D eigenvalue weighted by Gasteiger charge is 2.74. The minimum absolute atomic E-state index is 0.0712. The first-order chi connectivity index (χ1) is 17.3. The number of esters is 3. The van der Waals surface area contributed by atoms with E-state index in [0.717, 1.165) is 0 Å². The summed E-state index contributed by atoms with van der Waals surface area (Å²) in [6.07, 6.45) is 0.457. The summed E-state index contributed by atoms with van der Waals surface area (Å²) in [6.45, 7) is 9.46. The molecule has 0 N–H and O–H groups in total. The molecule has 2 aliphatic heterocycles. The zero-order chi connectivity index (χ0) is 26.8. The minimum atomic E-state index is -0.927. The number of carbonyl (C=O) groups is 4. The van der Waals surface area contributed by atoms with Gasteiger partial charge >= 0.3 is 17.9 Å². The second-order valence-electron chi connectivity index (χ2n) is 12.0. The molecule has 0 unspecified atom stereocenters. The van der Waals surface area contributed by atoms with Gasteiger partial charge in [-0.1, -0.05) is 39.0 Å². The van der Waals surface area contributed by atoms with E-state index in [0.29, 0.717) is 31.2 Å². The number of fused-ring (bicyclic) bond motifs is 3. The van der Waals surface area contributed by atoms with Crippen LogP contribution < -0.4 is 0 Å². The molecule has 200 valence electrons. The number of benzene rings is 1. The summed E-state index contributed by atoms with van der Waals surface area (Å²) in [6, 6.07) is 8.80. The molecule has 37 heavy (non-hydrogen) atoms. The van der Waals surface area contributed by atoms with Gasteiger partial charge in [-0.2, -0.15) is 0 Å². The van der Waals surface area contributed by atoms with Crippen LogP contribution >= 0.6 is 0 Å². The van der Waals surface area contributed by atoms with Crippen molar-refractivity contribution in [2.45, 2.75) is 90.1 Å². The molecule has 1 spiro atoms. The van der Waals surface area contributed by atoms with Gasteiger partial charge in [0, 0.05) is 42.9 Å². The second kappa shape index (κ2) is 8.65. The topological polar surface area (TPSA) is 105 Å². The molecule has 4 fully saturated rings. The Morgan fingerprint density at radius 1 is 1.00 bits per heavy atom. The zero-order valence-corrected chi connectivity index (χ0v) is 22.2. The fourth-order valence-electron chi connectivity index (χ4n) is 7.94. The van der Waals surface area contributed by atoms with Crippen LogP contribution in [0.15, 0.2) is 30.3 Å². The molecule has 2 aliphatic carbocycles. The number of cyclic esters (lactones) is 1. The van der Waals surface area contributed by atoms with Crippen LogP contribution in [-0.4, -0.2) is 53.7 Å². The van der Waals surface area contributed by atoms with Crippen LogP contribution in [0.2, 0.25) is 0 Å². The van der Waals surface area contributed by atoms with Crippen molar-refractivity contribution in [3.63, 3.8) is 0 Å². The van der Waals surface area contributed by atoms with Crippen LogP contribution in [0.1, 0.15) is 77.1 Å². The van der Waals surface area contributed by atoms with Crippen molar-refractivity contribution in [2.24, 2.45) is 22.7 Å². The smallest absolute Gasteiger partial charge is 0.338 e. The lowest BCUT2D eigenvalue weighted by Crippen LogP contribution is -2.75. The van der Waals surface area contributed by atoms with E-state index in [1.165, 1.54) is 6.92 Å². The molecule has 0 bridgehead atoms. The Balaban J connectivity index is 1.61. The van der Waals surface area contributed by atoms with Crippen molar-refractivity contribution in [3.05, 3.63) is 35.9 Å². The highest BCUT2D eigenvalue weighted by Crippen LogP contribution is 2.68. The minimum Gasteiger partial charge on any atom is -0.462 e. The predicted octanol–water partition coefficient (Wildman–Crippen LogP) is 4.04. The number of hydrogen-bond acceptors (Lipinski definition) is 8. The summed E-state index contributed by atoms with van der Waals surface area (Å²) < 4.78 is 24.5. The molecule has 5 rings (SSSR count). The predicted molar refractivity (Wildman–Crippen MR) is 131 cm³/mol. The van der Waals surface area contributed by atoms with Gasteiger partial charge in [-0.25, -0.2) is 4.79 Å². The van der Waals surface area contributed by atoms with E-state index in [1.54, 1.807) is 24.3 Å². The van der Waals surface area contributed by atoms with Crippen LogP contribution in [0.4, 0.5) is 0 Å². The summed E-state index contributed by atoms with van der Waals surface area (Å²) in [7, 11) is 0. The van der Waals surface area contributed by atoms with Gasteiger partial charge in [-0.15, -0.1) is 0 Å². The maximum absolute atomic E-state index is 13.3. The van der Waals surface area contributed by atoms with Crippen LogP contribution in [0.25, 0.3) is 0 Å². The van der Waals surface area contributed by atoms with Gasteiger partial charge in [0.1, 0.15) is 30.2 Å². The maximum atomic E-state index is 13.3. The normalized spacial score (nSPS) is 42.9. The van der Waals surface area contributed by atoms with E-state index in [4.69, 9.17) is 18.9 Å². The highest BCUT2D eigenvalue weighted by atomic mass is 16.6. The molecule has 0 radical (unpaired) electrons. The molecule has 0 aromatic heterocycles. The van der Waals surface area contributed by atoms with Gasteiger partial charge in [0.25, 0.3) is 0 Å². The van der Waals surface area contributed by atoms with Crippen LogP contribution in [0, 0.1) is 22.7 Å². The van der Waals surface area contributed by atoms with Gasteiger partial charge in [0.2, 0.25) is 0 Å². The standard InChI is InChI=1S/C29H36O8/c1-17-20(31)11-12-21-27(17,4)22(36-25(33)19-9-7-6-8-10-19)13-26(3)28(21,5)23(35-18(2)30)14-29(37-26)15-24(32)34-16-29/h6-10,17,21-23H,11-16H2,1-5H3/t17-,21+,22+,23+,26+,27+,28+,29-/m1/s1. The Morgan fingerprint density at radius 3 is 2.32 bits per heavy atom. The Morgan fingerprint density at radius 2 is 1.70 bits per heavy atom. The first-order valence-corrected chi connectivity index (χ1v) is 13.2. The number of ether oxygens (including phenoxy) is 4. The van der Waals surface area contributed by atoms with Gasteiger partial charge < -0.3 is 18.9 Å². The number of hydrogen-bond donors (Lipinski definition) is 0. The molecule has 2 heterocycles. The number of Topliss-reactive ketones (excluding diaryl/α,β-unsaturated/α-hetero) is 1. The lowest BCUT2D eigenvalue weighted by molar-refractivity contribution is -0.340. The van der Waals surface area contributed by atoms with Crippen LogP contribution in [0.3, 0.4) is 0 Å². The third-order valence-electron chi connectivity index (χ3n) is 10.2. The molecule has 1 aromatic carbocycles. The second-order valence-corrected chi connectivity index (χ2v) is 12.0. The van der Waals surface area contributed by atoms with E-state index in [-0.39, 0.29) is 36.6 Å². The largest absolute Gasteiger partial charge is 0.462 e. The van der Waals surface area contributed by atoms with Crippen molar-refractivity contribution in [1.29, 1.82) is 0 Å². The SMILES string of the molecule is CC(=O)O[C@H]1C[C@@]2(COC(=O)C2)O[C@@]2(C)C[C@H](OC(=O)c3ccccc3)[C@@]3(C)[C@H](C)C(=O)CC[C@@H]3[C@@]12C. The first kappa shape index (κ1) is 25.9. The average Bonchev–Trinajstić information content (AvgIpc) is 3.19. The summed E-state index contributed by atoms with van der Waals surface area (Å²) in [5.74, 6) is -1.59. The van der Waals surface area contributed by atoms with Gasteiger partial charge in [-0.3, -0.25) is 14.4 Å². The Bertz CT molecular complexity index is 1130. The average molecular weight is 513 g/mol.